The molecule has 0 aromatic carbocycles. The molecule has 0 heterocycles. The molecule has 0 aliphatic heterocycles. The fourth-order valence-corrected chi connectivity index (χ4v) is 1.64. The lowest BCUT2D eigenvalue weighted by molar-refractivity contribution is -0.108. The van der Waals surface area contributed by atoms with Crippen LogP contribution < -0.4 is 0 Å². The lowest BCUT2D eigenvalue weighted by Gasteiger charge is -2.12. The number of carbonyl (C=O) groups excluding carboxylic acids is 1. The van der Waals surface area contributed by atoms with Crippen LogP contribution in [0.5, 0.6) is 0 Å². The van der Waals surface area contributed by atoms with Crippen LogP contribution in [0.1, 0.15) is 51.9 Å². The summed E-state index contributed by atoms with van der Waals surface area (Å²) in [5.41, 5.74) is 8.24. The van der Waals surface area contributed by atoms with Gasteiger partial charge in [-0.05, 0) is 17.9 Å². The van der Waals surface area contributed by atoms with E-state index >= 15 is 0 Å². The molecular formula is C11H21N3O. The van der Waals surface area contributed by atoms with E-state index < -0.39 is 0 Å². The molecule has 0 spiro atoms. The van der Waals surface area contributed by atoms with E-state index in [2.05, 4.69) is 16.9 Å². The number of nitrogens with zero attached hydrogens (tertiary/aromatic N) is 3. The summed E-state index contributed by atoms with van der Waals surface area (Å²) >= 11 is 0. The van der Waals surface area contributed by atoms with Gasteiger partial charge in [0.25, 0.3) is 0 Å². The molecule has 0 N–H and O–H groups in total. The molecule has 4 heteroatoms. The van der Waals surface area contributed by atoms with Crippen molar-refractivity contribution in [2.45, 2.75) is 51.9 Å². The minimum atomic E-state index is 0.392. The molecular weight excluding hydrogens is 190 g/mol. The molecule has 0 amide bonds. The minimum Gasteiger partial charge on any atom is -0.303 e. The van der Waals surface area contributed by atoms with Crippen LogP contribution in [0, 0.1) is 5.92 Å². The van der Waals surface area contributed by atoms with Crippen molar-refractivity contribution in [1.29, 1.82) is 0 Å². The van der Waals surface area contributed by atoms with Crippen molar-refractivity contribution in [2.75, 3.05) is 6.54 Å². The number of azide groups is 1. The highest BCUT2D eigenvalue weighted by Crippen LogP contribution is 2.16. The third-order valence-electron chi connectivity index (χ3n) is 2.56. The fourth-order valence-electron chi connectivity index (χ4n) is 1.64. The first kappa shape index (κ1) is 14.0. The average Bonchev–Trinajstić information content (AvgIpc) is 2.27. The number of unbranched alkanes of at least 4 members (excludes halogenated alkanes) is 3. The number of hydrogen-bond donors (Lipinski definition) is 0. The Morgan fingerprint density at radius 3 is 2.73 bits per heavy atom. The molecule has 0 aromatic rings. The first-order valence-corrected chi connectivity index (χ1v) is 5.79. The Labute approximate surface area is 91.7 Å². The van der Waals surface area contributed by atoms with Gasteiger partial charge in [0.05, 0.1) is 0 Å². The molecule has 0 radical (unpaired) electrons. The SMILES string of the molecule is CCCCCCC(CCC=O)CN=[N+]=[N-]. The quantitative estimate of drug-likeness (QED) is 0.178. The van der Waals surface area contributed by atoms with Crippen LogP contribution in [-0.4, -0.2) is 12.8 Å². The van der Waals surface area contributed by atoms with Crippen molar-refractivity contribution in [3.05, 3.63) is 10.4 Å². The Kier molecular flexibility index (Phi) is 10.3. The molecule has 15 heavy (non-hydrogen) atoms. The highest BCUT2D eigenvalue weighted by Gasteiger charge is 2.06. The van der Waals surface area contributed by atoms with Crippen LogP contribution in [0.25, 0.3) is 10.4 Å². The maximum absolute atomic E-state index is 10.3. The maximum atomic E-state index is 10.3. The number of rotatable bonds is 10. The lowest BCUT2D eigenvalue weighted by Crippen LogP contribution is -2.04. The third-order valence-corrected chi connectivity index (χ3v) is 2.56. The lowest BCUT2D eigenvalue weighted by atomic mass is 9.96. The molecule has 0 aliphatic rings. The van der Waals surface area contributed by atoms with Crippen molar-refractivity contribution >= 4 is 6.29 Å². The smallest absolute Gasteiger partial charge is 0.120 e. The van der Waals surface area contributed by atoms with Gasteiger partial charge in [-0.2, -0.15) is 0 Å². The van der Waals surface area contributed by atoms with Gasteiger partial charge < -0.3 is 4.79 Å². The molecule has 0 rings (SSSR count). The summed E-state index contributed by atoms with van der Waals surface area (Å²) in [6.07, 6.45) is 8.37. The van der Waals surface area contributed by atoms with Gasteiger partial charge in [-0.15, -0.1) is 0 Å². The van der Waals surface area contributed by atoms with Gasteiger partial charge in [-0.25, -0.2) is 0 Å². The molecule has 0 aliphatic carbocycles. The highest BCUT2D eigenvalue weighted by atomic mass is 16.1. The standard InChI is InChI=1S/C11H21N3O/c1-2-3-4-5-7-11(8-6-9-15)10-13-14-12/h9,11H,2-8,10H2,1H3. The molecule has 4 nitrogen and oxygen atoms in total. The number of carbonyl (C=O) groups is 1. The highest BCUT2D eigenvalue weighted by molar-refractivity contribution is 5.49. The predicted molar refractivity (Wildman–Crippen MR) is 61.6 cm³/mol. The Balaban J connectivity index is 3.67. The van der Waals surface area contributed by atoms with E-state index in [1.165, 1.54) is 25.7 Å². The van der Waals surface area contributed by atoms with Crippen LogP contribution in [0.2, 0.25) is 0 Å². The van der Waals surface area contributed by atoms with E-state index in [1.54, 1.807) is 0 Å². The zero-order chi connectivity index (χ0) is 11.4. The minimum absolute atomic E-state index is 0.392. The van der Waals surface area contributed by atoms with Crippen LogP contribution in [-0.2, 0) is 4.79 Å². The molecule has 0 saturated carbocycles. The summed E-state index contributed by atoms with van der Waals surface area (Å²) in [6, 6.07) is 0. The normalized spacial score (nSPS) is 11.8. The summed E-state index contributed by atoms with van der Waals surface area (Å²) in [7, 11) is 0. The van der Waals surface area contributed by atoms with E-state index in [-0.39, 0.29) is 0 Å². The van der Waals surface area contributed by atoms with Gasteiger partial charge in [0.1, 0.15) is 6.29 Å². The molecule has 0 aromatic heterocycles. The summed E-state index contributed by atoms with van der Waals surface area (Å²) in [5, 5.41) is 3.59. The van der Waals surface area contributed by atoms with Crippen molar-refractivity contribution in [1.82, 2.24) is 0 Å². The van der Waals surface area contributed by atoms with Crippen molar-refractivity contribution < 1.29 is 4.79 Å². The second-order valence-corrected chi connectivity index (χ2v) is 3.87. The Hall–Kier alpha value is -1.02. The van der Waals surface area contributed by atoms with Crippen LogP contribution in [0.3, 0.4) is 0 Å². The van der Waals surface area contributed by atoms with E-state index in [1.807, 2.05) is 0 Å². The van der Waals surface area contributed by atoms with Crippen molar-refractivity contribution in [3.63, 3.8) is 0 Å². The zero-order valence-corrected chi connectivity index (χ0v) is 9.56. The number of aldehydes is 1. The largest absolute Gasteiger partial charge is 0.303 e. The van der Waals surface area contributed by atoms with Crippen LogP contribution in [0.15, 0.2) is 5.11 Å². The molecule has 0 bridgehead atoms. The predicted octanol–water partition coefficient (Wildman–Crippen LogP) is 3.86. The molecule has 1 atom stereocenters. The second-order valence-electron chi connectivity index (χ2n) is 3.87. The van der Waals surface area contributed by atoms with Gasteiger partial charge in [-0.3, -0.25) is 0 Å². The fraction of sp³-hybridized carbons (Fsp3) is 0.909. The van der Waals surface area contributed by atoms with E-state index in [4.69, 9.17) is 5.53 Å². The van der Waals surface area contributed by atoms with E-state index in [9.17, 15) is 4.79 Å². The molecule has 0 fully saturated rings. The summed E-state index contributed by atoms with van der Waals surface area (Å²) in [4.78, 5) is 13.0. The van der Waals surface area contributed by atoms with Crippen LogP contribution >= 0.6 is 0 Å². The first-order chi connectivity index (χ1) is 7.35. The monoisotopic (exact) mass is 211 g/mol. The van der Waals surface area contributed by atoms with E-state index in [0.717, 1.165) is 19.1 Å². The van der Waals surface area contributed by atoms with Gasteiger partial charge in [0, 0.05) is 17.9 Å². The van der Waals surface area contributed by atoms with Crippen molar-refractivity contribution in [3.8, 4) is 0 Å². The van der Waals surface area contributed by atoms with Gasteiger partial charge >= 0.3 is 0 Å². The van der Waals surface area contributed by atoms with Crippen LogP contribution in [0.4, 0.5) is 0 Å². The Morgan fingerprint density at radius 2 is 2.13 bits per heavy atom. The first-order valence-electron chi connectivity index (χ1n) is 5.79. The van der Waals surface area contributed by atoms with Gasteiger partial charge in [0.15, 0.2) is 0 Å². The molecule has 1 unspecified atom stereocenters. The number of hydrogen-bond acceptors (Lipinski definition) is 2. The van der Waals surface area contributed by atoms with E-state index in [0.29, 0.717) is 18.9 Å². The average molecular weight is 211 g/mol. The molecule has 0 saturated heterocycles. The van der Waals surface area contributed by atoms with Gasteiger partial charge in [0.2, 0.25) is 0 Å². The van der Waals surface area contributed by atoms with Crippen molar-refractivity contribution in [2.24, 2.45) is 11.0 Å². The summed E-state index contributed by atoms with van der Waals surface area (Å²) < 4.78 is 0. The Bertz CT molecular complexity index is 200. The topological polar surface area (TPSA) is 65.8 Å². The Morgan fingerprint density at radius 1 is 1.33 bits per heavy atom. The maximum Gasteiger partial charge on any atom is 0.120 e. The second kappa shape index (κ2) is 11.1. The third kappa shape index (κ3) is 9.29. The zero-order valence-electron chi connectivity index (χ0n) is 9.56. The molecule has 86 valence electrons. The summed E-state index contributed by atoms with van der Waals surface area (Å²) in [5.74, 6) is 0.392. The summed E-state index contributed by atoms with van der Waals surface area (Å²) in [6.45, 7) is 2.72. The van der Waals surface area contributed by atoms with Gasteiger partial charge in [-0.1, -0.05) is 44.1 Å².